The second kappa shape index (κ2) is 4.22. The van der Waals surface area contributed by atoms with Crippen molar-refractivity contribution in [3.05, 3.63) is 29.3 Å². The molecule has 0 atom stereocenters. The van der Waals surface area contributed by atoms with Gasteiger partial charge in [0.15, 0.2) is 0 Å². The molecule has 0 aromatic heterocycles. The molecule has 94 valence electrons. The molecule has 1 saturated heterocycles. The number of alkyl halides is 3. The number of hydrogen-bond acceptors (Lipinski definition) is 2. The Kier molecular flexibility index (Phi) is 2.87. The Bertz CT molecular complexity index is 533. The molecule has 18 heavy (non-hydrogen) atoms. The first-order valence-electron chi connectivity index (χ1n) is 5.10. The lowest BCUT2D eigenvalue weighted by atomic mass is 10.1. The van der Waals surface area contributed by atoms with E-state index < -0.39 is 17.8 Å². The predicted octanol–water partition coefficient (Wildman–Crippen LogP) is 2.11. The lowest BCUT2D eigenvalue weighted by Gasteiger charge is -2.17. The first-order chi connectivity index (χ1) is 8.43. The molecular formula is C11H8F3N3O. The highest BCUT2D eigenvalue weighted by Gasteiger charge is 2.32. The highest BCUT2D eigenvalue weighted by Crippen LogP contribution is 2.32. The van der Waals surface area contributed by atoms with Crippen LogP contribution in [0, 0.1) is 11.3 Å². The molecule has 2 amide bonds. The van der Waals surface area contributed by atoms with E-state index in [9.17, 15) is 18.0 Å². The monoisotopic (exact) mass is 255 g/mol. The van der Waals surface area contributed by atoms with Gasteiger partial charge in [0.05, 0.1) is 16.8 Å². The maximum absolute atomic E-state index is 12.5. The van der Waals surface area contributed by atoms with Crippen LogP contribution in [0.2, 0.25) is 0 Å². The van der Waals surface area contributed by atoms with Crippen LogP contribution in [-0.4, -0.2) is 19.1 Å². The smallest absolute Gasteiger partial charge is 0.336 e. The molecule has 4 nitrogen and oxygen atoms in total. The first-order valence-corrected chi connectivity index (χ1v) is 5.10. The summed E-state index contributed by atoms with van der Waals surface area (Å²) in [4.78, 5) is 12.7. The summed E-state index contributed by atoms with van der Waals surface area (Å²) < 4.78 is 37.5. The van der Waals surface area contributed by atoms with E-state index in [0.717, 1.165) is 18.2 Å². The molecule has 1 aromatic carbocycles. The van der Waals surface area contributed by atoms with Gasteiger partial charge in [0.2, 0.25) is 0 Å². The van der Waals surface area contributed by atoms with Gasteiger partial charge in [0, 0.05) is 13.1 Å². The minimum Gasteiger partial charge on any atom is -0.336 e. The van der Waals surface area contributed by atoms with Crippen LogP contribution in [-0.2, 0) is 6.18 Å². The molecule has 1 N–H and O–H groups in total. The molecule has 1 aromatic rings. The van der Waals surface area contributed by atoms with Crippen LogP contribution < -0.4 is 10.2 Å². The van der Waals surface area contributed by atoms with Crippen LogP contribution in [0.1, 0.15) is 11.1 Å². The van der Waals surface area contributed by atoms with Gasteiger partial charge < -0.3 is 5.32 Å². The second-order valence-corrected chi connectivity index (χ2v) is 3.73. The van der Waals surface area contributed by atoms with Gasteiger partial charge in [0.1, 0.15) is 6.07 Å². The molecule has 0 spiro atoms. The zero-order valence-electron chi connectivity index (χ0n) is 9.08. The van der Waals surface area contributed by atoms with Crippen molar-refractivity contribution in [1.82, 2.24) is 5.32 Å². The largest absolute Gasteiger partial charge is 0.416 e. The normalized spacial score (nSPS) is 15.4. The Labute approximate surface area is 101 Å². The molecule has 0 unspecified atom stereocenters. The second-order valence-electron chi connectivity index (χ2n) is 3.73. The van der Waals surface area contributed by atoms with E-state index in [0.29, 0.717) is 13.1 Å². The summed E-state index contributed by atoms with van der Waals surface area (Å²) in [6.07, 6.45) is -4.50. The van der Waals surface area contributed by atoms with E-state index in [1.807, 2.05) is 0 Å². The minimum atomic E-state index is -4.50. The Balaban J connectivity index is 2.45. The summed E-state index contributed by atoms with van der Waals surface area (Å²) in [5.41, 5.74) is -0.871. The van der Waals surface area contributed by atoms with Crippen LogP contribution in [0.25, 0.3) is 0 Å². The van der Waals surface area contributed by atoms with Crippen LogP contribution in [0.15, 0.2) is 18.2 Å². The Morgan fingerprint density at radius 2 is 2.11 bits per heavy atom. The van der Waals surface area contributed by atoms with Gasteiger partial charge in [0.25, 0.3) is 0 Å². The molecule has 1 heterocycles. The summed E-state index contributed by atoms with van der Waals surface area (Å²) in [6, 6.07) is 4.03. The summed E-state index contributed by atoms with van der Waals surface area (Å²) in [5, 5.41) is 11.4. The number of hydrogen-bond donors (Lipinski definition) is 1. The molecule has 7 heteroatoms. The summed E-state index contributed by atoms with van der Waals surface area (Å²) >= 11 is 0. The number of nitriles is 1. The van der Waals surface area contributed by atoms with E-state index in [4.69, 9.17) is 5.26 Å². The van der Waals surface area contributed by atoms with Gasteiger partial charge in [-0.25, -0.2) is 4.79 Å². The average Bonchev–Trinajstić information content (AvgIpc) is 2.73. The predicted molar refractivity (Wildman–Crippen MR) is 56.9 cm³/mol. The third-order valence-electron chi connectivity index (χ3n) is 2.59. The van der Waals surface area contributed by atoms with Gasteiger partial charge in [-0.3, -0.25) is 4.90 Å². The molecule has 0 saturated carbocycles. The highest BCUT2D eigenvalue weighted by molar-refractivity contribution is 5.95. The van der Waals surface area contributed by atoms with E-state index in [2.05, 4.69) is 5.32 Å². The highest BCUT2D eigenvalue weighted by atomic mass is 19.4. The van der Waals surface area contributed by atoms with Crippen molar-refractivity contribution in [3.8, 4) is 6.07 Å². The van der Waals surface area contributed by atoms with Gasteiger partial charge >= 0.3 is 12.2 Å². The number of nitrogens with zero attached hydrogens (tertiary/aromatic N) is 2. The number of anilines is 1. The average molecular weight is 255 g/mol. The number of urea groups is 1. The number of halogens is 3. The van der Waals surface area contributed by atoms with E-state index in [1.165, 1.54) is 4.90 Å². The fourth-order valence-electron chi connectivity index (χ4n) is 1.74. The number of amides is 2. The number of benzene rings is 1. The van der Waals surface area contributed by atoms with E-state index in [-0.39, 0.29) is 11.3 Å². The van der Waals surface area contributed by atoms with Crippen molar-refractivity contribution < 1.29 is 18.0 Å². The molecule has 2 rings (SSSR count). The molecule has 0 radical (unpaired) electrons. The lowest BCUT2D eigenvalue weighted by molar-refractivity contribution is -0.137. The summed E-state index contributed by atoms with van der Waals surface area (Å²) in [6.45, 7) is 0.740. The van der Waals surface area contributed by atoms with Crippen LogP contribution in [0.3, 0.4) is 0 Å². The number of carbonyl (C=O) groups is 1. The standard InChI is InChI=1S/C11H8F3N3O/c12-11(13,14)8-1-2-9(7(5-8)6-15)17-4-3-16-10(17)18/h1-2,5H,3-4H2,(H,16,18). The molecule has 1 aliphatic rings. The van der Waals surface area contributed by atoms with Crippen molar-refractivity contribution in [3.63, 3.8) is 0 Å². The van der Waals surface area contributed by atoms with Gasteiger partial charge in [-0.2, -0.15) is 18.4 Å². The topological polar surface area (TPSA) is 56.1 Å². The number of carbonyl (C=O) groups excluding carboxylic acids is 1. The lowest BCUT2D eigenvalue weighted by Crippen LogP contribution is -2.28. The van der Waals surface area contributed by atoms with Crippen molar-refractivity contribution in [2.75, 3.05) is 18.0 Å². The molecule has 0 bridgehead atoms. The van der Waals surface area contributed by atoms with Crippen molar-refractivity contribution in [1.29, 1.82) is 5.26 Å². The minimum absolute atomic E-state index is 0.165. The van der Waals surface area contributed by atoms with Gasteiger partial charge in [-0.05, 0) is 18.2 Å². The third kappa shape index (κ3) is 2.09. The molecule has 0 aliphatic carbocycles. The molecular weight excluding hydrogens is 247 g/mol. The maximum atomic E-state index is 12.5. The van der Waals surface area contributed by atoms with E-state index in [1.54, 1.807) is 6.07 Å². The summed E-state index contributed by atoms with van der Waals surface area (Å²) in [5.74, 6) is 0. The third-order valence-corrected chi connectivity index (χ3v) is 2.59. The van der Waals surface area contributed by atoms with Crippen LogP contribution >= 0.6 is 0 Å². The summed E-state index contributed by atoms with van der Waals surface area (Å²) in [7, 11) is 0. The van der Waals surface area contributed by atoms with Crippen LogP contribution in [0.5, 0.6) is 0 Å². The number of nitrogens with one attached hydrogen (secondary N) is 1. The fraction of sp³-hybridized carbons (Fsp3) is 0.273. The Morgan fingerprint density at radius 1 is 1.39 bits per heavy atom. The van der Waals surface area contributed by atoms with Crippen molar-refractivity contribution in [2.24, 2.45) is 0 Å². The molecule has 1 aliphatic heterocycles. The Morgan fingerprint density at radius 3 is 2.61 bits per heavy atom. The van der Waals surface area contributed by atoms with Crippen LogP contribution in [0.4, 0.5) is 23.7 Å². The van der Waals surface area contributed by atoms with E-state index >= 15 is 0 Å². The SMILES string of the molecule is N#Cc1cc(C(F)(F)F)ccc1N1CCNC1=O. The zero-order valence-corrected chi connectivity index (χ0v) is 9.08. The van der Waals surface area contributed by atoms with Gasteiger partial charge in [-0.1, -0.05) is 0 Å². The quantitative estimate of drug-likeness (QED) is 0.835. The first kappa shape index (κ1) is 12.2. The maximum Gasteiger partial charge on any atom is 0.416 e. The zero-order chi connectivity index (χ0) is 13.3. The fourth-order valence-corrected chi connectivity index (χ4v) is 1.74. The van der Waals surface area contributed by atoms with Gasteiger partial charge in [-0.15, -0.1) is 0 Å². The molecule has 1 fully saturated rings. The van der Waals surface area contributed by atoms with Crippen molar-refractivity contribution >= 4 is 11.7 Å². The van der Waals surface area contributed by atoms with Crippen molar-refractivity contribution in [2.45, 2.75) is 6.18 Å². The Hall–Kier alpha value is -2.23. The number of rotatable bonds is 1.